The van der Waals surface area contributed by atoms with Crippen LogP contribution in [0, 0.1) is 0 Å². The Morgan fingerprint density at radius 1 is 1.19 bits per heavy atom. The molecule has 1 saturated heterocycles. The maximum atomic E-state index is 13.1. The molecule has 136 valence electrons. The second-order valence-electron chi connectivity index (χ2n) is 6.62. The summed E-state index contributed by atoms with van der Waals surface area (Å²) < 4.78 is 0. The van der Waals surface area contributed by atoms with Crippen molar-refractivity contribution in [2.24, 2.45) is 4.99 Å². The van der Waals surface area contributed by atoms with Crippen LogP contribution in [0.15, 0.2) is 35.3 Å². The summed E-state index contributed by atoms with van der Waals surface area (Å²) in [6.07, 6.45) is 3.14. The molecular formula is C20H22ClN3OS. The van der Waals surface area contributed by atoms with Gasteiger partial charge in [0, 0.05) is 40.7 Å². The third-order valence-corrected chi connectivity index (χ3v) is 6.57. The minimum Gasteiger partial charge on any atom is -0.324 e. The first kappa shape index (κ1) is 17.6. The first-order chi connectivity index (χ1) is 12.7. The van der Waals surface area contributed by atoms with Gasteiger partial charge >= 0.3 is 6.03 Å². The van der Waals surface area contributed by atoms with Gasteiger partial charge in [-0.15, -0.1) is 11.3 Å². The summed E-state index contributed by atoms with van der Waals surface area (Å²) in [6, 6.07) is 10.1. The van der Waals surface area contributed by atoms with E-state index in [1.807, 2.05) is 34.1 Å². The summed E-state index contributed by atoms with van der Waals surface area (Å²) >= 11 is 8.16. The third-order valence-electron chi connectivity index (χ3n) is 4.94. The van der Waals surface area contributed by atoms with Crippen LogP contribution in [0.25, 0.3) is 0 Å². The minimum atomic E-state index is 0.115. The zero-order chi connectivity index (χ0) is 18.1. The normalized spacial score (nSPS) is 17.1. The van der Waals surface area contributed by atoms with Crippen molar-refractivity contribution in [3.8, 4) is 0 Å². The van der Waals surface area contributed by atoms with Gasteiger partial charge in [0.05, 0.1) is 12.3 Å². The number of aliphatic imine (C=N–C) groups is 1. The van der Waals surface area contributed by atoms with Crippen LogP contribution in [0.2, 0.25) is 5.02 Å². The average Bonchev–Trinajstić information content (AvgIpc) is 3.30. The summed E-state index contributed by atoms with van der Waals surface area (Å²) in [5, 5.41) is 1.70. The highest BCUT2D eigenvalue weighted by molar-refractivity contribution is 7.16. The first-order valence-corrected chi connectivity index (χ1v) is 10.4. The van der Waals surface area contributed by atoms with Gasteiger partial charge in [-0.2, -0.15) is 0 Å². The number of nitrogens with zero attached hydrogens (tertiary/aromatic N) is 3. The molecule has 0 bridgehead atoms. The molecule has 26 heavy (non-hydrogen) atoms. The number of aryl methyl sites for hydroxylation is 1. The molecular weight excluding hydrogens is 366 g/mol. The van der Waals surface area contributed by atoms with Crippen LogP contribution in [0.5, 0.6) is 0 Å². The fourth-order valence-corrected chi connectivity index (χ4v) is 4.91. The van der Waals surface area contributed by atoms with Crippen LogP contribution < -0.4 is 4.90 Å². The van der Waals surface area contributed by atoms with Gasteiger partial charge in [-0.25, -0.2) is 4.79 Å². The Hall–Kier alpha value is -1.85. The summed E-state index contributed by atoms with van der Waals surface area (Å²) in [7, 11) is 0. The van der Waals surface area contributed by atoms with E-state index in [1.165, 1.54) is 4.88 Å². The summed E-state index contributed by atoms with van der Waals surface area (Å²) in [4.78, 5) is 23.1. The Morgan fingerprint density at radius 3 is 2.69 bits per heavy atom. The molecule has 0 N–H and O–H groups in total. The Labute approximate surface area is 163 Å². The Kier molecular flexibility index (Phi) is 5.00. The highest BCUT2D eigenvalue weighted by Gasteiger charge is 2.31. The molecule has 1 fully saturated rings. The molecule has 1 aromatic heterocycles. The monoisotopic (exact) mass is 387 g/mol. The van der Waals surface area contributed by atoms with E-state index >= 15 is 0 Å². The number of urea groups is 1. The Bertz CT molecular complexity index is 854. The lowest BCUT2D eigenvalue weighted by Gasteiger charge is -2.26. The van der Waals surface area contributed by atoms with E-state index in [4.69, 9.17) is 16.6 Å². The lowest BCUT2D eigenvalue weighted by Crippen LogP contribution is -2.42. The molecule has 0 saturated carbocycles. The molecule has 4 rings (SSSR count). The maximum Gasteiger partial charge on any atom is 0.325 e. The molecule has 1 aromatic carbocycles. The van der Waals surface area contributed by atoms with E-state index in [0.29, 0.717) is 18.1 Å². The largest absolute Gasteiger partial charge is 0.325 e. The van der Waals surface area contributed by atoms with Crippen LogP contribution >= 0.6 is 22.9 Å². The topological polar surface area (TPSA) is 35.9 Å². The number of thiophene rings is 1. The van der Waals surface area contributed by atoms with Gasteiger partial charge in [-0.1, -0.05) is 36.7 Å². The van der Waals surface area contributed by atoms with Crippen molar-refractivity contribution in [3.63, 3.8) is 0 Å². The van der Waals surface area contributed by atoms with Crippen molar-refractivity contribution in [1.29, 1.82) is 0 Å². The molecule has 2 aliphatic rings. The van der Waals surface area contributed by atoms with Crippen molar-refractivity contribution in [2.45, 2.75) is 26.2 Å². The second kappa shape index (κ2) is 7.41. The third kappa shape index (κ3) is 3.14. The molecule has 2 amide bonds. The van der Waals surface area contributed by atoms with Crippen molar-refractivity contribution in [3.05, 3.63) is 51.4 Å². The smallest absolute Gasteiger partial charge is 0.324 e. The van der Waals surface area contributed by atoms with Crippen molar-refractivity contribution < 1.29 is 4.79 Å². The number of halogens is 1. The number of rotatable bonds is 2. The maximum absolute atomic E-state index is 13.1. The number of fused-ring (bicyclic) bond motifs is 1. The number of anilines is 1. The van der Waals surface area contributed by atoms with E-state index < -0.39 is 0 Å². The van der Waals surface area contributed by atoms with Gasteiger partial charge in [0.2, 0.25) is 0 Å². The number of amides is 2. The predicted octanol–water partition coefficient (Wildman–Crippen LogP) is 4.84. The highest BCUT2D eigenvalue weighted by Crippen LogP contribution is 2.37. The van der Waals surface area contributed by atoms with E-state index in [2.05, 4.69) is 13.0 Å². The lowest BCUT2D eigenvalue weighted by atomic mass is 10.0. The van der Waals surface area contributed by atoms with E-state index in [1.54, 1.807) is 11.3 Å². The zero-order valence-electron chi connectivity index (χ0n) is 14.9. The molecule has 2 aliphatic heterocycles. The molecule has 0 aliphatic carbocycles. The molecule has 4 nitrogen and oxygen atoms in total. The van der Waals surface area contributed by atoms with Gasteiger partial charge in [0.15, 0.2) is 0 Å². The van der Waals surface area contributed by atoms with Crippen LogP contribution in [0.4, 0.5) is 9.80 Å². The predicted molar refractivity (Wildman–Crippen MR) is 109 cm³/mol. The van der Waals surface area contributed by atoms with E-state index in [9.17, 15) is 4.79 Å². The Morgan fingerprint density at radius 2 is 1.96 bits per heavy atom. The van der Waals surface area contributed by atoms with Crippen molar-refractivity contribution in [1.82, 2.24) is 4.90 Å². The standard InChI is InChI=1S/C20H22ClN3OS/c1-2-14-13-16-18(15-7-3-4-8-17(15)21)22-9-12-24(19(16)26-14)20(25)23-10-5-6-11-23/h3-4,7-8,13H,2,5-6,9-12H2,1H3. The summed E-state index contributed by atoms with van der Waals surface area (Å²) in [6.45, 7) is 5.05. The number of carbonyl (C=O) groups excluding carboxylic acids is 1. The van der Waals surface area contributed by atoms with Crippen LogP contribution in [-0.2, 0) is 6.42 Å². The van der Waals surface area contributed by atoms with Gasteiger partial charge in [0.25, 0.3) is 0 Å². The second-order valence-corrected chi connectivity index (χ2v) is 8.15. The number of likely N-dealkylation sites (tertiary alicyclic amines) is 1. The molecule has 3 heterocycles. The molecule has 0 radical (unpaired) electrons. The number of carbonyl (C=O) groups is 1. The lowest BCUT2D eigenvalue weighted by molar-refractivity contribution is 0.216. The summed E-state index contributed by atoms with van der Waals surface area (Å²) in [5.74, 6) is 0. The number of hydrogen-bond donors (Lipinski definition) is 0. The fourth-order valence-electron chi connectivity index (χ4n) is 3.57. The number of hydrogen-bond acceptors (Lipinski definition) is 3. The van der Waals surface area contributed by atoms with E-state index in [0.717, 1.165) is 54.2 Å². The highest BCUT2D eigenvalue weighted by atomic mass is 35.5. The summed E-state index contributed by atoms with van der Waals surface area (Å²) in [5.41, 5.74) is 2.87. The average molecular weight is 388 g/mol. The molecule has 0 unspecified atom stereocenters. The zero-order valence-corrected chi connectivity index (χ0v) is 16.4. The van der Waals surface area contributed by atoms with Crippen LogP contribution in [0.3, 0.4) is 0 Å². The molecule has 0 atom stereocenters. The minimum absolute atomic E-state index is 0.115. The van der Waals surface area contributed by atoms with Crippen molar-refractivity contribution in [2.75, 3.05) is 31.1 Å². The molecule has 0 spiro atoms. The SMILES string of the molecule is CCc1cc2c(s1)N(C(=O)N1CCCC1)CCN=C2c1ccccc1Cl. The Balaban J connectivity index is 1.78. The van der Waals surface area contributed by atoms with Gasteiger partial charge in [0.1, 0.15) is 5.00 Å². The van der Waals surface area contributed by atoms with Gasteiger partial charge in [-0.05, 0) is 31.4 Å². The molecule has 2 aromatic rings. The van der Waals surface area contributed by atoms with Gasteiger partial charge < -0.3 is 4.90 Å². The molecule has 6 heteroatoms. The van der Waals surface area contributed by atoms with E-state index in [-0.39, 0.29) is 6.03 Å². The van der Waals surface area contributed by atoms with Crippen LogP contribution in [-0.4, -0.2) is 42.8 Å². The first-order valence-electron chi connectivity index (χ1n) is 9.18. The quantitative estimate of drug-likeness (QED) is 0.726. The van der Waals surface area contributed by atoms with Crippen molar-refractivity contribution >= 4 is 39.7 Å². The fraction of sp³-hybridized carbons (Fsp3) is 0.400. The van der Waals surface area contributed by atoms with Gasteiger partial charge in [-0.3, -0.25) is 9.89 Å². The van der Waals surface area contributed by atoms with Crippen LogP contribution in [0.1, 0.15) is 35.8 Å². The number of benzene rings is 1.